The Morgan fingerprint density at radius 1 is 1.29 bits per heavy atom. The molecule has 1 saturated heterocycles. The zero-order chi connectivity index (χ0) is 15.4. The molecule has 0 spiro atoms. The van der Waals surface area contributed by atoms with Gasteiger partial charge in [0.15, 0.2) is 0 Å². The Labute approximate surface area is 127 Å². The first kappa shape index (κ1) is 15.8. The molecule has 2 rings (SSSR count). The first-order valence-electron chi connectivity index (χ1n) is 7.94. The predicted molar refractivity (Wildman–Crippen MR) is 86.4 cm³/mol. The van der Waals surface area contributed by atoms with Gasteiger partial charge in [0.1, 0.15) is 0 Å². The van der Waals surface area contributed by atoms with E-state index in [1.165, 1.54) is 5.56 Å². The molecule has 0 radical (unpaired) electrons. The Balaban J connectivity index is 1.95. The number of anilines is 1. The fraction of sp³-hybridized carbons (Fsp3) is 0.647. The highest BCUT2D eigenvalue weighted by atomic mass is 16.2. The normalized spacial score (nSPS) is 17.9. The second kappa shape index (κ2) is 6.92. The van der Waals surface area contributed by atoms with Gasteiger partial charge < -0.3 is 10.2 Å². The number of carbonyl (C=O) groups is 1. The van der Waals surface area contributed by atoms with Crippen LogP contribution in [0.1, 0.15) is 52.0 Å². The van der Waals surface area contributed by atoms with Crippen LogP contribution in [-0.4, -0.2) is 34.9 Å². The lowest BCUT2D eigenvalue weighted by atomic mass is 9.91. The van der Waals surface area contributed by atoms with Crippen LogP contribution in [-0.2, 0) is 4.79 Å². The third-order valence-electron chi connectivity index (χ3n) is 4.60. The minimum atomic E-state index is 0.183. The number of hydrogen-bond acceptors (Lipinski definition) is 3. The largest absolute Gasteiger partial charge is 0.381 e. The predicted octanol–water partition coefficient (Wildman–Crippen LogP) is 3.26. The lowest BCUT2D eigenvalue weighted by Gasteiger charge is -2.32. The Morgan fingerprint density at radius 2 is 1.95 bits per heavy atom. The van der Waals surface area contributed by atoms with Gasteiger partial charge in [-0.05, 0) is 36.3 Å². The molecule has 1 fully saturated rings. The van der Waals surface area contributed by atoms with Crippen molar-refractivity contribution in [1.29, 1.82) is 0 Å². The van der Waals surface area contributed by atoms with Crippen LogP contribution in [0.5, 0.6) is 0 Å². The van der Waals surface area contributed by atoms with Crippen LogP contribution >= 0.6 is 0 Å². The molecule has 1 aromatic rings. The topological polar surface area (TPSA) is 45.2 Å². The average Bonchev–Trinajstić information content (AvgIpc) is 2.47. The molecule has 1 aromatic heterocycles. The molecule has 0 saturated carbocycles. The van der Waals surface area contributed by atoms with Crippen molar-refractivity contribution in [2.75, 3.05) is 18.4 Å². The van der Waals surface area contributed by atoms with Gasteiger partial charge in [0.2, 0.25) is 5.91 Å². The van der Waals surface area contributed by atoms with Crippen molar-refractivity contribution in [2.24, 2.45) is 5.92 Å². The maximum absolute atomic E-state index is 11.3. The number of amides is 1. The van der Waals surface area contributed by atoms with Crippen molar-refractivity contribution in [3.63, 3.8) is 0 Å². The minimum Gasteiger partial charge on any atom is -0.381 e. The second-order valence-corrected chi connectivity index (χ2v) is 6.46. The van der Waals surface area contributed by atoms with E-state index in [-0.39, 0.29) is 5.91 Å². The fourth-order valence-corrected chi connectivity index (χ4v) is 2.75. The third-order valence-corrected chi connectivity index (χ3v) is 4.60. The molecule has 2 heterocycles. The van der Waals surface area contributed by atoms with E-state index in [0.717, 1.165) is 31.6 Å². The number of aromatic nitrogens is 1. The molecular formula is C17H27N3O. The van der Waals surface area contributed by atoms with Crippen LogP contribution in [0.15, 0.2) is 18.5 Å². The van der Waals surface area contributed by atoms with Crippen molar-refractivity contribution in [3.8, 4) is 0 Å². The highest BCUT2D eigenvalue weighted by molar-refractivity contribution is 5.73. The number of rotatable bonds is 4. The number of likely N-dealkylation sites (tertiary alicyclic amines) is 1. The monoisotopic (exact) mass is 289 g/mol. The van der Waals surface area contributed by atoms with Gasteiger partial charge >= 0.3 is 0 Å². The summed E-state index contributed by atoms with van der Waals surface area (Å²) in [6.07, 6.45) is 5.87. The van der Waals surface area contributed by atoms with E-state index in [1.807, 2.05) is 17.3 Å². The average molecular weight is 289 g/mol. The third kappa shape index (κ3) is 4.19. The number of hydrogen-bond donors (Lipinski definition) is 1. The maximum atomic E-state index is 11.3. The van der Waals surface area contributed by atoms with Gasteiger partial charge in [-0.15, -0.1) is 0 Å². The van der Waals surface area contributed by atoms with Gasteiger partial charge in [0, 0.05) is 38.4 Å². The van der Waals surface area contributed by atoms with Crippen LogP contribution in [0.3, 0.4) is 0 Å². The summed E-state index contributed by atoms with van der Waals surface area (Å²) in [5, 5.41) is 3.57. The highest BCUT2D eigenvalue weighted by Gasteiger charge is 2.20. The van der Waals surface area contributed by atoms with E-state index in [9.17, 15) is 4.79 Å². The van der Waals surface area contributed by atoms with E-state index >= 15 is 0 Å². The summed E-state index contributed by atoms with van der Waals surface area (Å²) in [6, 6.07) is 2.65. The van der Waals surface area contributed by atoms with E-state index in [2.05, 4.69) is 37.1 Å². The number of piperidine rings is 1. The number of pyridine rings is 1. The molecule has 1 amide bonds. The van der Waals surface area contributed by atoms with Gasteiger partial charge in [-0.3, -0.25) is 9.78 Å². The summed E-state index contributed by atoms with van der Waals surface area (Å²) in [6.45, 7) is 10.1. The maximum Gasteiger partial charge on any atom is 0.219 e. The molecule has 0 bridgehead atoms. The van der Waals surface area contributed by atoms with Crippen LogP contribution in [0.2, 0.25) is 0 Å². The summed E-state index contributed by atoms with van der Waals surface area (Å²) in [4.78, 5) is 17.6. The van der Waals surface area contributed by atoms with Gasteiger partial charge in [-0.1, -0.05) is 20.8 Å². The Bertz CT molecular complexity index is 479. The first-order valence-corrected chi connectivity index (χ1v) is 7.94. The van der Waals surface area contributed by atoms with Crippen LogP contribution in [0, 0.1) is 5.92 Å². The number of nitrogens with one attached hydrogen (secondary N) is 1. The van der Waals surface area contributed by atoms with Gasteiger partial charge in [-0.2, -0.15) is 0 Å². The molecule has 1 N–H and O–H groups in total. The van der Waals surface area contributed by atoms with Crippen molar-refractivity contribution in [1.82, 2.24) is 9.88 Å². The van der Waals surface area contributed by atoms with E-state index in [0.29, 0.717) is 17.9 Å². The Morgan fingerprint density at radius 3 is 2.52 bits per heavy atom. The Hall–Kier alpha value is -1.58. The molecule has 1 aliphatic heterocycles. The van der Waals surface area contributed by atoms with Gasteiger partial charge in [-0.25, -0.2) is 0 Å². The number of carbonyl (C=O) groups excluding carboxylic acids is 1. The van der Waals surface area contributed by atoms with Crippen LogP contribution < -0.4 is 5.32 Å². The highest BCUT2D eigenvalue weighted by Crippen LogP contribution is 2.25. The van der Waals surface area contributed by atoms with Crippen LogP contribution in [0.4, 0.5) is 5.69 Å². The lowest BCUT2D eigenvalue weighted by molar-refractivity contribution is -0.129. The van der Waals surface area contributed by atoms with E-state index < -0.39 is 0 Å². The van der Waals surface area contributed by atoms with Crippen LogP contribution in [0.25, 0.3) is 0 Å². The van der Waals surface area contributed by atoms with Crippen molar-refractivity contribution >= 4 is 11.6 Å². The van der Waals surface area contributed by atoms with Gasteiger partial charge in [0.05, 0.1) is 5.69 Å². The van der Waals surface area contributed by atoms with Gasteiger partial charge in [0.25, 0.3) is 0 Å². The molecular weight excluding hydrogens is 262 g/mol. The van der Waals surface area contributed by atoms with Crippen molar-refractivity contribution < 1.29 is 4.79 Å². The minimum absolute atomic E-state index is 0.183. The van der Waals surface area contributed by atoms with Crippen molar-refractivity contribution in [2.45, 2.75) is 52.5 Å². The summed E-state index contributed by atoms with van der Waals surface area (Å²) >= 11 is 0. The van der Waals surface area contributed by atoms with Crippen molar-refractivity contribution in [3.05, 3.63) is 24.0 Å². The summed E-state index contributed by atoms with van der Waals surface area (Å²) in [5.74, 6) is 1.31. The zero-order valence-corrected chi connectivity index (χ0v) is 13.6. The fourth-order valence-electron chi connectivity index (χ4n) is 2.75. The summed E-state index contributed by atoms with van der Waals surface area (Å²) < 4.78 is 0. The molecule has 116 valence electrons. The molecule has 1 aliphatic rings. The summed E-state index contributed by atoms with van der Waals surface area (Å²) in [5.41, 5.74) is 2.39. The molecule has 1 atom stereocenters. The molecule has 4 heteroatoms. The molecule has 0 aliphatic carbocycles. The quantitative estimate of drug-likeness (QED) is 0.925. The molecule has 4 nitrogen and oxygen atoms in total. The lowest BCUT2D eigenvalue weighted by Crippen LogP contribution is -2.41. The molecule has 0 aromatic carbocycles. The number of nitrogens with zero attached hydrogens (tertiary/aromatic N) is 2. The standard InChI is InChI=1S/C17H27N3O/c1-12(2)13(3)15-9-17(11-18-10-15)19-16-5-7-20(8-6-16)14(4)21/h9-13,16,19H,5-8H2,1-4H3. The molecule has 1 unspecified atom stereocenters. The SMILES string of the molecule is CC(=O)N1CCC(Nc2cncc(C(C)C(C)C)c2)CC1. The summed E-state index contributed by atoms with van der Waals surface area (Å²) in [7, 11) is 0. The Kier molecular flexibility index (Phi) is 5.21. The zero-order valence-electron chi connectivity index (χ0n) is 13.6. The smallest absolute Gasteiger partial charge is 0.219 e. The molecule has 21 heavy (non-hydrogen) atoms. The first-order chi connectivity index (χ1) is 9.97. The van der Waals surface area contributed by atoms with E-state index in [1.54, 1.807) is 6.92 Å². The van der Waals surface area contributed by atoms with E-state index in [4.69, 9.17) is 0 Å². The second-order valence-electron chi connectivity index (χ2n) is 6.46.